The number of likely N-dealkylation sites (tertiary alicyclic amines) is 1. The summed E-state index contributed by atoms with van der Waals surface area (Å²) >= 11 is 12.0. The molecule has 2 aromatic carbocycles. The summed E-state index contributed by atoms with van der Waals surface area (Å²) in [6, 6.07) is 11.2. The number of halogens is 2. The van der Waals surface area contributed by atoms with Crippen LogP contribution in [0.2, 0.25) is 10.0 Å². The fourth-order valence-corrected chi connectivity index (χ4v) is 4.97. The molecule has 4 rings (SSSR count). The zero-order valence-corrected chi connectivity index (χ0v) is 20.1. The smallest absolute Gasteiger partial charge is 0.253 e. The van der Waals surface area contributed by atoms with Gasteiger partial charge >= 0.3 is 0 Å². The summed E-state index contributed by atoms with van der Waals surface area (Å²) in [5.41, 5.74) is 2.20. The van der Waals surface area contributed by atoms with E-state index < -0.39 is 6.10 Å². The van der Waals surface area contributed by atoms with E-state index in [1.807, 2.05) is 17.0 Å². The minimum Gasteiger partial charge on any atom is -0.506 e. The van der Waals surface area contributed by atoms with Gasteiger partial charge < -0.3 is 25.7 Å². The number of carbonyl (C=O) groups is 1. The Balaban J connectivity index is 1.34. The number of aromatic hydroxyl groups is 1. The van der Waals surface area contributed by atoms with Crippen molar-refractivity contribution in [3.05, 3.63) is 57.6 Å². The van der Waals surface area contributed by atoms with Crippen molar-refractivity contribution < 1.29 is 15.0 Å². The van der Waals surface area contributed by atoms with Gasteiger partial charge in [0.05, 0.1) is 28.4 Å². The van der Waals surface area contributed by atoms with Crippen molar-refractivity contribution in [2.24, 2.45) is 0 Å². The van der Waals surface area contributed by atoms with Gasteiger partial charge in [-0.3, -0.25) is 9.69 Å². The Bertz CT molecular complexity index is 980. The summed E-state index contributed by atoms with van der Waals surface area (Å²) in [4.78, 5) is 16.7. The number of nitrogens with zero attached hydrogens (tertiary/aromatic N) is 2. The van der Waals surface area contributed by atoms with Crippen LogP contribution in [-0.2, 0) is 6.54 Å². The minimum absolute atomic E-state index is 0.0849. The van der Waals surface area contributed by atoms with Crippen LogP contribution in [0.15, 0.2) is 36.4 Å². The number of phenols is 1. The van der Waals surface area contributed by atoms with Crippen molar-refractivity contribution in [1.29, 1.82) is 0 Å². The molecule has 4 N–H and O–H groups in total. The number of aliphatic hydroxyl groups is 1. The largest absolute Gasteiger partial charge is 0.506 e. The molecule has 2 heterocycles. The van der Waals surface area contributed by atoms with E-state index in [2.05, 4.69) is 27.7 Å². The molecule has 0 unspecified atom stereocenters. The highest BCUT2D eigenvalue weighted by Crippen LogP contribution is 2.34. The molecule has 0 bridgehead atoms. The topological polar surface area (TPSA) is 88.1 Å². The van der Waals surface area contributed by atoms with E-state index in [-0.39, 0.29) is 22.7 Å². The Labute approximate surface area is 204 Å². The number of phenolic OH excluding ortho intramolecular Hbond substituents is 1. The molecule has 2 atom stereocenters. The average Bonchev–Trinajstić information content (AvgIpc) is 3.17. The maximum atomic E-state index is 12.3. The Hall–Kier alpha value is -2.03. The first kappa shape index (κ1) is 24.1. The van der Waals surface area contributed by atoms with Crippen LogP contribution in [0.1, 0.15) is 28.8 Å². The quantitative estimate of drug-likeness (QED) is 0.495. The molecule has 0 aliphatic carbocycles. The van der Waals surface area contributed by atoms with E-state index in [1.54, 1.807) is 7.05 Å². The fourth-order valence-electron chi connectivity index (χ4n) is 4.68. The lowest BCUT2D eigenvalue weighted by Crippen LogP contribution is -2.49. The van der Waals surface area contributed by atoms with Crippen molar-refractivity contribution in [3.8, 4) is 5.75 Å². The Morgan fingerprint density at radius 3 is 2.48 bits per heavy atom. The summed E-state index contributed by atoms with van der Waals surface area (Å²) in [7, 11) is 1.55. The van der Waals surface area contributed by atoms with Gasteiger partial charge in [-0.1, -0.05) is 35.3 Å². The van der Waals surface area contributed by atoms with Crippen LogP contribution in [0.25, 0.3) is 0 Å². The molecule has 1 amide bonds. The summed E-state index contributed by atoms with van der Waals surface area (Å²) < 4.78 is 0. The molecule has 7 nitrogen and oxygen atoms in total. The maximum Gasteiger partial charge on any atom is 0.253 e. The summed E-state index contributed by atoms with van der Waals surface area (Å²) in [5, 5.41) is 27.9. The molecular weight excluding hydrogens is 463 g/mol. The number of hydrogen-bond donors (Lipinski definition) is 4. The third kappa shape index (κ3) is 5.73. The standard InChI is InChI=1S/C24H30Cl2N4O3/c1-27-24(33)18-10-19(26)22(31)11-21(18)30-13-20(23(32)14-30)28-17-6-8-29(9-7-17)12-15-2-4-16(25)5-3-15/h2-5,10-11,17,20,23,28,31-32H,6-9,12-14H2,1H3,(H,27,33)/t20-,23-/m0/s1. The monoisotopic (exact) mass is 492 g/mol. The van der Waals surface area contributed by atoms with Crippen molar-refractivity contribution in [1.82, 2.24) is 15.5 Å². The van der Waals surface area contributed by atoms with Gasteiger partial charge in [0.15, 0.2) is 0 Å². The average molecular weight is 493 g/mol. The van der Waals surface area contributed by atoms with Gasteiger partial charge in [0, 0.05) is 43.8 Å². The molecule has 33 heavy (non-hydrogen) atoms. The van der Waals surface area contributed by atoms with Crippen molar-refractivity contribution in [2.45, 2.75) is 37.6 Å². The highest BCUT2D eigenvalue weighted by atomic mass is 35.5. The lowest BCUT2D eigenvalue weighted by atomic mass is 10.0. The van der Waals surface area contributed by atoms with Crippen LogP contribution in [0.4, 0.5) is 5.69 Å². The molecule has 0 spiro atoms. The fraction of sp³-hybridized carbons (Fsp3) is 0.458. The van der Waals surface area contributed by atoms with Crippen LogP contribution in [0.5, 0.6) is 5.75 Å². The zero-order chi connectivity index (χ0) is 23.5. The van der Waals surface area contributed by atoms with Gasteiger partial charge in [-0.25, -0.2) is 0 Å². The van der Waals surface area contributed by atoms with Crippen LogP contribution in [0.3, 0.4) is 0 Å². The number of aliphatic hydroxyl groups excluding tert-OH is 1. The predicted octanol–water partition coefficient (Wildman–Crippen LogP) is 2.86. The molecule has 0 radical (unpaired) electrons. The highest BCUT2D eigenvalue weighted by molar-refractivity contribution is 6.32. The van der Waals surface area contributed by atoms with Crippen LogP contribution >= 0.6 is 23.2 Å². The Kier molecular flexibility index (Phi) is 7.66. The van der Waals surface area contributed by atoms with Crippen LogP contribution in [-0.4, -0.2) is 72.4 Å². The molecule has 178 valence electrons. The number of rotatable bonds is 6. The molecule has 0 saturated carbocycles. The summed E-state index contributed by atoms with van der Waals surface area (Å²) in [5.74, 6) is -0.371. The van der Waals surface area contributed by atoms with Crippen LogP contribution in [0, 0.1) is 0 Å². The molecule has 2 aliphatic heterocycles. The third-order valence-corrected chi connectivity index (χ3v) is 7.08. The summed E-state index contributed by atoms with van der Waals surface area (Å²) in [6.45, 7) is 3.79. The maximum absolute atomic E-state index is 12.3. The molecule has 2 saturated heterocycles. The van der Waals surface area contributed by atoms with Crippen molar-refractivity contribution >= 4 is 34.8 Å². The Morgan fingerprint density at radius 1 is 1.12 bits per heavy atom. The van der Waals surface area contributed by atoms with E-state index in [0.717, 1.165) is 37.5 Å². The molecule has 9 heteroatoms. The van der Waals surface area contributed by atoms with E-state index in [4.69, 9.17) is 23.2 Å². The first-order chi connectivity index (χ1) is 15.8. The number of hydrogen-bond acceptors (Lipinski definition) is 6. The van der Waals surface area contributed by atoms with E-state index in [9.17, 15) is 15.0 Å². The number of β-amino-alcohol motifs (C(OH)–C–C–N with tert-alkyl or cyclic N) is 1. The second-order valence-electron chi connectivity index (χ2n) is 8.82. The van der Waals surface area contributed by atoms with Gasteiger partial charge in [0.2, 0.25) is 0 Å². The second-order valence-corrected chi connectivity index (χ2v) is 9.67. The van der Waals surface area contributed by atoms with E-state index in [0.29, 0.717) is 30.4 Å². The summed E-state index contributed by atoms with van der Waals surface area (Å²) in [6.07, 6.45) is 1.43. The van der Waals surface area contributed by atoms with Crippen LogP contribution < -0.4 is 15.5 Å². The van der Waals surface area contributed by atoms with Gasteiger partial charge in [-0.2, -0.15) is 0 Å². The third-order valence-electron chi connectivity index (χ3n) is 6.52. The second kappa shape index (κ2) is 10.5. The Morgan fingerprint density at radius 2 is 1.82 bits per heavy atom. The molecule has 2 aromatic rings. The number of benzene rings is 2. The lowest BCUT2D eigenvalue weighted by Gasteiger charge is -2.34. The van der Waals surface area contributed by atoms with Gasteiger partial charge in [0.25, 0.3) is 5.91 Å². The predicted molar refractivity (Wildman–Crippen MR) is 131 cm³/mol. The van der Waals surface area contributed by atoms with Gasteiger partial charge in [-0.15, -0.1) is 0 Å². The number of amides is 1. The normalized spacial score (nSPS) is 22.0. The van der Waals surface area contributed by atoms with Crippen molar-refractivity contribution in [2.75, 3.05) is 38.1 Å². The number of anilines is 1. The van der Waals surface area contributed by atoms with Gasteiger partial charge in [-0.05, 0) is 49.7 Å². The number of piperidine rings is 1. The minimum atomic E-state index is -0.576. The van der Waals surface area contributed by atoms with E-state index >= 15 is 0 Å². The first-order valence-corrected chi connectivity index (χ1v) is 12.0. The molecule has 2 fully saturated rings. The SMILES string of the molecule is CNC(=O)c1cc(Cl)c(O)cc1N1C[C@H](NC2CCN(Cc3ccc(Cl)cc3)CC2)[C@@H](O)C1. The molecular formula is C24H30Cl2N4O3. The van der Waals surface area contributed by atoms with E-state index in [1.165, 1.54) is 17.7 Å². The molecule has 2 aliphatic rings. The number of carbonyl (C=O) groups excluding carboxylic acids is 1. The highest BCUT2D eigenvalue weighted by Gasteiger charge is 2.35. The van der Waals surface area contributed by atoms with Gasteiger partial charge in [0.1, 0.15) is 5.75 Å². The first-order valence-electron chi connectivity index (χ1n) is 11.2. The van der Waals surface area contributed by atoms with Crippen molar-refractivity contribution in [3.63, 3.8) is 0 Å². The number of nitrogens with one attached hydrogen (secondary N) is 2. The lowest BCUT2D eigenvalue weighted by molar-refractivity contribution is 0.0963. The zero-order valence-electron chi connectivity index (χ0n) is 18.6. The molecule has 0 aromatic heterocycles.